The monoisotopic (exact) mass is 426 g/mol. The normalized spacial score (nSPS) is 23.8. The lowest BCUT2D eigenvalue weighted by atomic mass is 9.82. The zero-order valence-corrected chi connectivity index (χ0v) is 18.6. The Morgan fingerprint density at radius 2 is 1.97 bits per heavy atom. The van der Waals surface area contributed by atoms with Crippen LogP contribution in [0.25, 0.3) is 0 Å². The summed E-state index contributed by atoms with van der Waals surface area (Å²) in [5.74, 6) is 1.41. The summed E-state index contributed by atoms with van der Waals surface area (Å²) in [5, 5.41) is 0.788. The topological polar surface area (TPSA) is 32.8 Å². The predicted octanol–water partition coefficient (Wildman–Crippen LogP) is 5.25. The van der Waals surface area contributed by atoms with Crippen LogP contribution in [-0.2, 0) is 6.54 Å². The number of carbonyl (C=O) groups is 1. The Hall–Kier alpha value is -2.04. The van der Waals surface area contributed by atoms with Crippen molar-refractivity contribution in [3.8, 4) is 5.75 Å². The smallest absolute Gasteiger partial charge is 0.253 e. The molecule has 4 nitrogen and oxygen atoms in total. The van der Waals surface area contributed by atoms with Crippen LogP contribution in [0.5, 0.6) is 5.75 Å². The highest BCUT2D eigenvalue weighted by Crippen LogP contribution is 2.34. The number of hydrogen-bond acceptors (Lipinski definition) is 3. The van der Waals surface area contributed by atoms with Gasteiger partial charge in [-0.05, 0) is 74.9 Å². The van der Waals surface area contributed by atoms with E-state index in [-0.39, 0.29) is 12.0 Å². The molecule has 5 heteroatoms. The molecule has 0 N–H and O–H groups in total. The molecule has 0 unspecified atom stereocenters. The first kappa shape index (κ1) is 21.2. The molecule has 160 valence electrons. The number of likely N-dealkylation sites (tertiary alicyclic amines) is 1. The van der Waals surface area contributed by atoms with Crippen molar-refractivity contribution in [1.29, 1.82) is 0 Å². The van der Waals surface area contributed by atoms with Gasteiger partial charge in [-0.3, -0.25) is 9.69 Å². The molecule has 1 saturated heterocycles. The summed E-state index contributed by atoms with van der Waals surface area (Å²) in [6.07, 6.45) is 4.69. The molecule has 1 aliphatic heterocycles. The van der Waals surface area contributed by atoms with E-state index in [1.807, 2.05) is 54.4 Å². The number of benzene rings is 2. The van der Waals surface area contributed by atoms with E-state index in [2.05, 4.69) is 17.9 Å². The summed E-state index contributed by atoms with van der Waals surface area (Å²) in [6, 6.07) is 16.2. The Morgan fingerprint density at radius 1 is 1.20 bits per heavy atom. The third kappa shape index (κ3) is 4.98. The summed E-state index contributed by atoms with van der Waals surface area (Å²) in [7, 11) is 1.88. The van der Waals surface area contributed by atoms with Crippen molar-refractivity contribution in [3.63, 3.8) is 0 Å². The Labute approximate surface area is 184 Å². The molecule has 0 aromatic heterocycles. The minimum Gasteiger partial charge on any atom is -0.490 e. The average molecular weight is 427 g/mol. The second kappa shape index (κ2) is 9.40. The van der Waals surface area contributed by atoms with Crippen molar-refractivity contribution in [2.45, 2.75) is 51.3 Å². The first-order valence-corrected chi connectivity index (χ1v) is 11.4. The third-order valence-corrected chi connectivity index (χ3v) is 6.84. The van der Waals surface area contributed by atoms with Crippen LogP contribution in [-0.4, -0.2) is 48.0 Å². The van der Waals surface area contributed by atoms with Crippen LogP contribution < -0.4 is 4.74 Å². The van der Waals surface area contributed by atoms with E-state index in [1.165, 1.54) is 18.4 Å². The SMILES string of the molecule is C[C@H]1CCCN1Cc1ccc(OC2CC(CN(C)C(=O)c3ccccc3)C2)cc1Cl. The Bertz CT molecular complexity index is 867. The number of amides is 1. The largest absolute Gasteiger partial charge is 0.490 e. The van der Waals surface area contributed by atoms with Crippen molar-refractivity contribution in [3.05, 3.63) is 64.7 Å². The first-order valence-electron chi connectivity index (χ1n) is 11.0. The number of ether oxygens (including phenoxy) is 1. The fourth-order valence-electron chi connectivity index (χ4n) is 4.56. The lowest BCUT2D eigenvalue weighted by molar-refractivity contribution is 0.0419. The van der Waals surface area contributed by atoms with Crippen LogP contribution >= 0.6 is 11.6 Å². The summed E-state index contributed by atoms with van der Waals surface area (Å²) < 4.78 is 6.13. The molecule has 4 rings (SSSR count). The molecular formula is C25H31ClN2O2. The maximum atomic E-state index is 12.5. The fourth-order valence-corrected chi connectivity index (χ4v) is 4.79. The highest BCUT2D eigenvalue weighted by molar-refractivity contribution is 6.31. The number of carbonyl (C=O) groups excluding carboxylic acids is 1. The maximum Gasteiger partial charge on any atom is 0.253 e. The zero-order chi connectivity index (χ0) is 21.1. The number of halogens is 1. The van der Waals surface area contributed by atoms with E-state index in [1.54, 1.807) is 0 Å². The standard InChI is InChI=1S/C25H31ClN2O2/c1-18-7-6-12-28(18)17-21-10-11-22(15-24(21)26)30-23-13-19(14-23)16-27(2)25(29)20-8-4-3-5-9-20/h3-5,8-11,15,18-19,23H,6-7,12-14,16-17H2,1-2H3/t18-,19?,23?/m0/s1. The van der Waals surface area contributed by atoms with Gasteiger partial charge in [-0.1, -0.05) is 35.9 Å². The Morgan fingerprint density at radius 3 is 2.63 bits per heavy atom. The molecule has 2 fully saturated rings. The highest BCUT2D eigenvalue weighted by atomic mass is 35.5. The Balaban J connectivity index is 1.24. The fraction of sp³-hybridized carbons (Fsp3) is 0.480. The quantitative estimate of drug-likeness (QED) is 0.605. The molecule has 1 saturated carbocycles. The van der Waals surface area contributed by atoms with Gasteiger partial charge in [-0.2, -0.15) is 0 Å². The second-order valence-electron chi connectivity index (χ2n) is 8.84. The van der Waals surface area contributed by atoms with Gasteiger partial charge >= 0.3 is 0 Å². The summed E-state index contributed by atoms with van der Waals surface area (Å²) in [4.78, 5) is 16.8. The molecule has 2 aromatic carbocycles. The minimum atomic E-state index is 0.0784. The van der Waals surface area contributed by atoms with Crippen molar-refractivity contribution in [2.75, 3.05) is 20.1 Å². The van der Waals surface area contributed by atoms with Gasteiger partial charge < -0.3 is 9.64 Å². The van der Waals surface area contributed by atoms with Gasteiger partial charge in [0.25, 0.3) is 5.91 Å². The van der Waals surface area contributed by atoms with Crippen LogP contribution in [0.2, 0.25) is 5.02 Å². The second-order valence-corrected chi connectivity index (χ2v) is 9.25. The van der Waals surface area contributed by atoms with E-state index in [4.69, 9.17) is 16.3 Å². The van der Waals surface area contributed by atoms with E-state index >= 15 is 0 Å². The minimum absolute atomic E-state index is 0.0784. The van der Waals surface area contributed by atoms with Gasteiger partial charge in [-0.15, -0.1) is 0 Å². The molecule has 1 amide bonds. The van der Waals surface area contributed by atoms with Crippen LogP contribution in [0.15, 0.2) is 48.5 Å². The predicted molar refractivity (Wildman–Crippen MR) is 121 cm³/mol. The van der Waals surface area contributed by atoms with Crippen molar-refractivity contribution in [2.24, 2.45) is 5.92 Å². The van der Waals surface area contributed by atoms with Crippen LogP contribution in [0.4, 0.5) is 0 Å². The van der Waals surface area contributed by atoms with Crippen LogP contribution in [0.1, 0.15) is 48.5 Å². The van der Waals surface area contributed by atoms with Crippen LogP contribution in [0.3, 0.4) is 0 Å². The van der Waals surface area contributed by atoms with Gasteiger partial charge in [0.05, 0.1) is 6.10 Å². The molecule has 0 radical (unpaired) electrons. The van der Waals surface area contributed by atoms with Gasteiger partial charge in [0.1, 0.15) is 5.75 Å². The molecule has 30 heavy (non-hydrogen) atoms. The Kier molecular flexibility index (Phi) is 6.64. The lowest BCUT2D eigenvalue weighted by Crippen LogP contribution is -2.41. The van der Waals surface area contributed by atoms with Crippen molar-refractivity contribution in [1.82, 2.24) is 9.80 Å². The van der Waals surface area contributed by atoms with E-state index in [0.29, 0.717) is 12.0 Å². The molecular weight excluding hydrogens is 396 g/mol. The van der Waals surface area contributed by atoms with E-state index in [9.17, 15) is 4.79 Å². The van der Waals surface area contributed by atoms with Gasteiger partial charge in [0.2, 0.25) is 0 Å². The number of nitrogens with zero attached hydrogens (tertiary/aromatic N) is 2. The molecule has 1 aliphatic carbocycles. The average Bonchev–Trinajstić information content (AvgIpc) is 3.12. The summed E-state index contributed by atoms with van der Waals surface area (Å²) in [6.45, 7) is 5.12. The zero-order valence-electron chi connectivity index (χ0n) is 17.9. The molecule has 0 spiro atoms. The molecule has 1 atom stereocenters. The van der Waals surface area contributed by atoms with Crippen molar-refractivity contribution < 1.29 is 9.53 Å². The van der Waals surface area contributed by atoms with Gasteiger partial charge in [0, 0.05) is 36.8 Å². The highest BCUT2D eigenvalue weighted by Gasteiger charge is 2.32. The van der Waals surface area contributed by atoms with Gasteiger partial charge in [-0.25, -0.2) is 0 Å². The lowest BCUT2D eigenvalue weighted by Gasteiger charge is -2.37. The summed E-state index contributed by atoms with van der Waals surface area (Å²) >= 11 is 6.54. The molecule has 2 aromatic rings. The first-order chi connectivity index (χ1) is 14.5. The van der Waals surface area contributed by atoms with E-state index < -0.39 is 0 Å². The summed E-state index contributed by atoms with van der Waals surface area (Å²) in [5.41, 5.74) is 1.91. The van der Waals surface area contributed by atoms with E-state index in [0.717, 1.165) is 48.8 Å². The maximum absolute atomic E-state index is 12.5. The number of hydrogen-bond donors (Lipinski definition) is 0. The van der Waals surface area contributed by atoms with Crippen molar-refractivity contribution >= 4 is 17.5 Å². The molecule has 2 aliphatic rings. The third-order valence-electron chi connectivity index (χ3n) is 6.48. The van der Waals surface area contributed by atoms with Gasteiger partial charge in [0.15, 0.2) is 0 Å². The molecule has 1 heterocycles. The van der Waals surface area contributed by atoms with Crippen LogP contribution in [0, 0.1) is 5.92 Å². The number of rotatable bonds is 7. The molecule has 0 bridgehead atoms.